The fraction of sp³-hybridized carbons (Fsp3) is 0.421. The number of anilines is 1. The van der Waals surface area contributed by atoms with E-state index in [9.17, 15) is 13.5 Å². The molecule has 9 nitrogen and oxygen atoms in total. The summed E-state index contributed by atoms with van der Waals surface area (Å²) < 4.78 is 29.5. The fourth-order valence-corrected chi connectivity index (χ4v) is 5.28. The van der Waals surface area contributed by atoms with Gasteiger partial charge in [0.05, 0.1) is 22.9 Å². The monoisotopic (exact) mass is 416 g/mol. The molecule has 2 aromatic heterocycles. The molecule has 0 atom stereocenters. The van der Waals surface area contributed by atoms with Crippen molar-refractivity contribution in [2.75, 3.05) is 12.8 Å². The van der Waals surface area contributed by atoms with E-state index in [0.717, 1.165) is 5.56 Å². The molecule has 0 unspecified atom stereocenters. The first-order valence-electron chi connectivity index (χ1n) is 9.50. The first-order valence-corrected chi connectivity index (χ1v) is 10.9. The number of aryl methyl sites for hydroxylation is 1. The van der Waals surface area contributed by atoms with E-state index in [0.29, 0.717) is 42.6 Å². The predicted molar refractivity (Wildman–Crippen MR) is 109 cm³/mol. The van der Waals surface area contributed by atoms with Crippen molar-refractivity contribution in [2.45, 2.75) is 49.6 Å². The third-order valence-electron chi connectivity index (χ3n) is 5.67. The van der Waals surface area contributed by atoms with Gasteiger partial charge in [-0.1, -0.05) is 6.07 Å². The predicted octanol–water partition coefficient (Wildman–Crippen LogP) is 1.61. The quantitative estimate of drug-likeness (QED) is 0.661. The first-order chi connectivity index (χ1) is 13.8. The third kappa shape index (κ3) is 3.47. The van der Waals surface area contributed by atoms with Gasteiger partial charge >= 0.3 is 0 Å². The molecule has 29 heavy (non-hydrogen) atoms. The molecule has 3 N–H and O–H groups in total. The average molecular weight is 417 g/mol. The van der Waals surface area contributed by atoms with Crippen LogP contribution >= 0.6 is 0 Å². The molecule has 0 amide bonds. The fourth-order valence-electron chi connectivity index (χ4n) is 3.84. The van der Waals surface area contributed by atoms with Crippen molar-refractivity contribution >= 4 is 21.5 Å². The molecule has 0 saturated heterocycles. The van der Waals surface area contributed by atoms with Crippen LogP contribution in [0.15, 0.2) is 35.6 Å². The van der Waals surface area contributed by atoms with Gasteiger partial charge in [-0.15, -0.1) is 0 Å². The van der Waals surface area contributed by atoms with Gasteiger partial charge in [0.25, 0.3) is 0 Å². The van der Waals surface area contributed by atoms with Crippen LogP contribution < -0.4 is 5.73 Å². The van der Waals surface area contributed by atoms with Crippen LogP contribution in [-0.4, -0.2) is 56.6 Å². The number of imidazole rings is 1. The van der Waals surface area contributed by atoms with Gasteiger partial charge in [0.2, 0.25) is 10.0 Å². The number of nitrogen functional groups attached to an aromatic ring is 1. The highest BCUT2D eigenvalue weighted by Crippen LogP contribution is 2.31. The summed E-state index contributed by atoms with van der Waals surface area (Å²) in [6.45, 7) is 1.90. The van der Waals surface area contributed by atoms with Gasteiger partial charge in [0.1, 0.15) is 6.33 Å². The van der Waals surface area contributed by atoms with E-state index in [4.69, 9.17) is 5.73 Å². The van der Waals surface area contributed by atoms with E-state index in [1.54, 1.807) is 36.0 Å². The molecule has 0 bridgehead atoms. The Bertz CT molecular complexity index is 1150. The molecule has 4 rings (SSSR count). The molecular formula is C19H24N6O3S. The minimum atomic E-state index is -3.68. The third-order valence-corrected chi connectivity index (χ3v) is 7.58. The Labute approximate surface area is 169 Å². The van der Waals surface area contributed by atoms with Crippen molar-refractivity contribution in [1.29, 1.82) is 0 Å². The van der Waals surface area contributed by atoms with Crippen LogP contribution in [0.2, 0.25) is 0 Å². The molecule has 0 aliphatic heterocycles. The molecule has 0 spiro atoms. The van der Waals surface area contributed by atoms with Gasteiger partial charge in [-0.25, -0.2) is 22.9 Å². The summed E-state index contributed by atoms with van der Waals surface area (Å²) in [7, 11) is -2.07. The lowest BCUT2D eigenvalue weighted by Crippen LogP contribution is -2.40. The van der Waals surface area contributed by atoms with Gasteiger partial charge in [0.15, 0.2) is 11.5 Å². The summed E-state index contributed by atoms with van der Waals surface area (Å²) in [5, 5.41) is 13.9. The number of nitrogens with two attached hydrogens (primary N) is 1. The number of aliphatic hydroxyl groups is 1. The number of aromatic nitrogens is 4. The smallest absolute Gasteiger partial charge is 0.243 e. The standard InChI is InChI=1S/C19H24N6O3S/c1-12-3-8-15(29(27,28)24(2)13-4-6-14(26)7-5-13)9-16(12)17-10-21-19-18(20)22-11-23-25(17)19/h3,8-11,13-14,26H,4-7H2,1-2H3,(H2,20,22,23). The molecule has 1 fully saturated rings. The van der Waals surface area contributed by atoms with E-state index in [1.807, 2.05) is 6.92 Å². The summed E-state index contributed by atoms with van der Waals surface area (Å²) in [6, 6.07) is 4.94. The average Bonchev–Trinajstić information content (AvgIpc) is 3.13. The molecule has 1 aliphatic rings. The summed E-state index contributed by atoms with van der Waals surface area (Å²) in [5.41, 5.74) is 8.54. The van der Waals surface area contributed by atoms with Gasteiger partial charge in [-0.2, -0.15) is 9.40 Å². The van der Waals surface area contributed by atoms with Crippen LogP contribution in [0.1, 0.15) is 31.2 Å². The Balaban J connectivity index is 1.74. The zero-order valence-corrected chi connectivity index (χ0v) is 17.2. The van der Waals surface area contributed by atoms with Crippen LogP contribution in [-0.2, 0) is 10.0 Å². The lowest BCUT2D eigenvalue weighted by atomic mass is 9.93. The van der Waals surface area contributed by atoms with Gasteiger partial charge in [-0.3, -0.25) is 0 Å². The van der Waals surface area contributed by atoms with Crippen molar-refractivity contribution in [3.05, 3.63) is 36.3 Å². The van der Waals surface area contributed by atoms with E-state index >= 15 is 0 Å². The number of aliphatic hydroxyl groups excluding tert-OH is 1. The lowest BCUT2D eigenvalue weighted by molar-refractivity contribution is 0.104. The second-order valence-corrected chi connectivity index (χ2v) is 9.48. The molecule has 154 valence electrons. The molecule has 2 heterocycles. The summed E-state index contributed by atoms with van der Waals surface area (Å²) in [6.07, 6.45) is 5.16. The molecule has 1 aromatic carbocycles. The number of fused-ring (bicyclic) bond motifs is 1. The van der Waals surface area contributed by atoms with Gasteiger partial charge in [-0.05, 0) is 50.3 Å². The van der Waals surface area contributed by atoms with Crippen LogP contribution in [0.5, 0.6) is 0 Å². The summed E-state index contributed by atoms with van der Waals surface area (Å²) >= 11 is 0. The Kier molecular flexibility index (Phi) is 5.01. The van der Waals surface area contributed by atoms with Crippen LogP contribution in [0.25, 0.3) is 16.9 Å². The Morgan fingerprint density at radius 3 is 2.66 bits per heavy atom. The topological polar surface area (TPSA) is 127 Å². The molecule has 1 saturated carbocycles. The van der Waals surface area contributed by atoms with Crippen molar-refractivity contribution < 1.29 is 13.5 Å². The van der Waals surface area contributed by atoms with E-state index < -0.39 is 10.0 Å². The maximum absolute atomic E-state index is 13.3. The van der Waals surface area contributed by atoms with Crippen molar-refractivity contribution in [3.63, 3.8) is 0 Å². The molecule has 10 heteroatoms. The Morgan fingerprint density at radius 1 is 1.21 bits per heavy atom. The van der Waals surface area contributed by atoms with E-state index in [1.165, 1.54) is 10.6 Å². The van der Waals surface area contributed by atoms with E-state index in [2.05, 4.69) is 15.1 Å². The molecular weight excluding hydrogens is 392 g/mol. The SMILES string of the molecule is Cc1ccc(S(=O)(=O)N(C)C2CCC(O)CC2)cc1-c1cnc2c(N)ncnn12. The first kappa shape index (κ1) is 19.7. The molecule has 1 aliphatic carbocycles. The lowest BCUT2D eigenvalue weighted by Gasteiger charge is -2.32. The van der Waals surface area contributed by atoms with E-state index in [-0.39, 0.29) is 22.9 Å². The van der Waals surface area contributed by atoms with Crippen LogP contribution in [0.3, 0.4) is 0 Å². The number of hydrogen-bond acceptors (Lipinski definition) is 7. The molecule has 3 aromatic rings. The largest absolute Gasteiger partial charge is 0.393 e. The highest BCUT2D eigenvalue weighted by molar-refractivity contribution is 7.89. The van der Waals surface area contributed by atoms with Crippen LogP contribution in [0, 0.1) is 6.92 Å². The Morgan fingerprint density at radius 2 is 1.93 bits per heavy atom. The summed E-state index contributed by atoms with van der Waals surface area (Å²) in [5.74, 6) is 0.256. The number of hydrogen-bond donors (Lipinski definition) is 2. The second-order valence-electron chi connectivity index (χ2n) is 7.48. The number of nitrogens with zero attached hydrogens (tertiary/aromatic N) is 5. The zero-order valence-electron chi connectivity index (χ0n) is 16.4. The minimum absolute atomic E-state index is 0.114. The number of rotatable bonds is 4. The van der Waals surface area contributed by atoms with Crippen molar-refractivity contribution in [3.8, 4) is 11.3 Å². The Hall–Kier alpha value is -2.56. The number of benzene rings is 1. The van der Waals surface area contributed by atoms with Crippen LogP contribution in [0.4, 0.5) is 5.82 Å². The van der Waals surface area contributed by atoms with Gasteiger partial charge < -0.3 is 10.8 Å². The minimum Gasteiger partial charge on any atom is -0.393 e. The molecule has 0 radical (unpaired) electrons. The highest BCUT2D eigenvalue weighted by atomic mass is 32.2. The van der Waals surface area contributed by atoms with Crippen molar-refractivity contribution in [1.82, 2.24) is 23.9 Å². The van der Waals surface area contributed by atoms with Gasteiger partial charge in [0, 0.05) is 18.7 Å². The normalized spacial score (nSPS) is 20.4. The maximum atomic E-state index is 13.3. The summed E-state index contributed by atoms with van der Waals surface area (Å²) in [4.78, 5) is 8.42. The second kappa shape index (κ2) is 7.36. The van der Waals surface area contributed by atoms with Crippen molar-refractivity contribution in [2.24, 2.45) is 0 Å². The zero-order chi connectivity index (χ0) is 20.8. The maximum Gasteiger partial charge on any atom is 0.243 e. The number of sulfonamides is 1. The highest BCUT2D eigenvalue weighted by Gasteiger charge is 2.31.